The molecule has 184 valence electrons. The topological polar surface area (TPSA) is 68.3 Å². The Morgan fingerprint density at radius 2 is 1.33 bits per heavy atom. The van der Waals surface area contributed by atoms with Gasteiger partial charge in [0.1, 0.15) is 0 Å². The predicted octanol–water partition coefficient (Wildman–Crippen LogP) is 6.59. The lowest BCUT2D eigenvalue weighted by atomic mass is 10.1. The lowest BCUT2D eigenvalue weighted by molar-refractivity contribution is -0.692. The lowest BCUT2D eigenvalue weighted by Gasteiger charge is -1.99. The Hall–Kier alpha value is -3.48. The highest BCUT2D eigenvalue weighted by Crippen LogP contribution is 2.20. The first-order chi connectivity index (χ1) is 17.6. The van der Waals surface area contributed by atoms with Crippen molar-refractivity contribution in [1.82, 2.24) is 0 Å². The van der Waals surface area contributed by atoms with Crippen LogP contribution in [0.15, 0.2) is 108 Å². The Balaban J connectivity index is 1.30. The Morgan fingerprint density at radius 3 is 1.94 bits per heavy atom. The predicted molar refractivity (Wildman–Crippen MR) is 163 cm³/mol. The maximum absolute atomic E-state index is 5.73. The van der Waals surface area contributed by atoms with Gasteiger partial charge in [0.05, 0.1) is 5.75 Å². The van der Waals surface area contributed by atoms with E-state index in [-0.39, 0.29) is 0 Å². The summed E-state index contributed by atoms with van der Waals surface area (Å²) in [7, 11) is 3.74. The van der Waals surface area contributed by atoms with Crippen LogP contribution in [0.4, 0.5) is 11.4 Å². The maximum atomic E-state index is 5.73. The van der Waals surface area contributed by atoms with Crippen LogP contribution in [0.2, 0.25) is 0 Å². The highest BCUT2D eigenvalue weighted by Gasteiger charge is 2.00. The number of allylic oxidation sites excluding steroid dienone is 4. The fourth-order valence-electron chi connectivity index (χ4n) is 3.08. The summed E-state index contributed by atoms with van der Waals surface area (Å²) in [6.07, 6.45) is 18.2. The second kappa shape index (κ2) is 15.5. The zero-order chi connectivity index (χ0) is 25.4. The van der Waals surface area contributed by atoms with Gasteiger partial charge in [-0.15, -0.1) is 0 Å². The van der Waals surface area contributed by atoms with Crippen LogP contribution in [0, 0.1) is 0 Å². The molecule has 0 saturated carbocycles. The maximum Gasteiger partial charge on any atom is 0.169 e. The third-order valence-electron chi connectivity index (χ3n) is 5.15. The van der Waals surface area contributed by atoms with Gasteiger partial charge in [-0.25, -0.2) is 4.57 Å². The van der Waals surface area contributed by atoms with E-state index in [4.69, 9.17) is 11.5 Å². The number of rotatable bonds is 13. The van der Waals surface area contributed by atoms with E-state index in [0.29, 0.717) is 0 Å². The first-order valence-corrected chi connectivity index (χ1v) is 14.2. The first kappa shape index (κ1) is 27.1. The molecule has 1 heterocycles. The number of nitrogens with two attached hydrogens (primary N) is 2. The molecule has 0 bridgehead atoms. The van der Waals surface area contributed by atoms with Crippen molar-refractivity contribution in [3.8, 4) is 0 Å². The lowest BCUT2D eigenvalue weighted by Crippen LogP contribution is -2.33. The van der Waals surface area contributed by atoms with E-state index in [2.05, 4.69) is 52.8 Å². The quantitative estimate of drug-likeness (QED) is 0.0676. The summed E-state index contributed by atoms with van der Waals surface area (Å²) in [6, 6.07) is 19.9. The van der Waals surface area contributed by atoms with Crippen LogP contribution in [0.5, 0.6) is 0 Å². The van der Waals surface area contributed by atoms with Crippen molar-refractivity contribution in [3.63, 3.8) is 0 Å². The third-order valence-corrected chi connectivity index (χ3v) is 7.52. The number of nitrogen functional groups attached to an aromatic ring is 2. The van der Waals surface area contributed by atoms with Gasteiger partial charge in [0, 0.05) is 42.0 Å². The van der Waals surface area contributed by atoms with Gasteiger partial charge in [-0.2, -0.15) is 0 Å². The van der Waals surface area contributed by atoms with E-state index in [9.17, 15) is 0 Å². The van der Waals surface area contributed by atoms with Crippen LogP contribution in [-0.2, 0) is 6.54 Å². The molecule has 0 aliphatic heterocycles. The van der Waals surface area contributed by atoms with Gasteiger partial charge in [0.15, 0.2) is 18.9 Å². The minimum absolute atomic E-state index is 0.766. The summed E-state index contributed by atoms with van der Waals surface area (Å²) >= 11 is 0. The molecule has 0 unspecified atom stereocenters. The van der Waals surface area contributed by atoms with Crippen LogP contribution < -0.4 is 16.0 Å². The minimum Gasteiger partial charge on any atom is -0.399 e. The summed E-state index contributed by atoms with van der Waals surface area (Å²) in [6.45, 7) is 5.65. The molecule has 6 heteroatoms. The molecule has 0 spiro atoms. The molecule has 0 amide bonds. The highest BCUT2D eigenvalue weighted by molar-refractivity contribution is 8.76. The molecular weight excluding hydrogens is 480 g/mol. The molecule has 0 saturated heterocycles. The van der Waals surface area contributed by atoms with Gasteiger partial charge in [0.25, 0.3) is 0 Å². The number of nitrogens with zero attached hydrogens (tertiary/aromatic N) is 2. The second-order valence-corrected chi connectivity index (χ2v) is 10.6. The van der Waals surface area contributed by atoms with Gasteiger partial charge >= 0.3 is 0 Å². The number of aliphatic imine (C=N–C) groups is 1. The molecule has 36 heavy (non-hydrogen) atoms. The zero-order valence-corrected chi connectivity index (χ0v) is 22.0. The van der Waals surface area contributed by atoms with Crippen LogP contribution in [0.25, 0.3) is 18.2 Å². The molecule has 0 aliphatic carbocycles. The van der Waals surface area contributed by atoms with Crippen LogP contribution in [0.1, 0.15) is 16.7 Å². The van der Waals surface area contributed by atoms with Gasteiger partial charge < -0.3 is 11.5 Å². The zero-order valence-electron chi connectivity index (χ0n) is 20.4. The third kappa shape index (κ3) is 10.4. The Morgan fingerprint density at radius 1 is 0.778 bits per heavy atom. The number of hydrogen-bond donors (Lipinski definition) is 2. The molecule has 4 nitrogen and oxygen atoms in total. The number of hydrogen-bond acceptors (Lipinski definition) is 5. The number of aryl methyl sites for hydroxylation is 1. The molecule has 0 fully saturated rings. The largest absolute Gasteiger partial charge is 0.399 e. The summed E-state index contributed by atoms with van der Waals surface area (Å²) in [5, 5.41) is 0. The van der Waals surface area contributed by atoms with Crippen molar-refractivity contribution < 1.29 is 4.57 Å². The second-order valence-electron chi connectivity index (χ2n) is 7.94. The fraction of sp³-hybridized carbons (Fsp3) is 0.133. The average molecular weight is 514 g/mol. The number of anilines is 2. The van der Waals surface area contributed by atoms with E-state index in [1.54, 1.807) is 0 Å². The molecule has 3 aromatic rings. The van der Waals surface area contributed by atoms with E-state index in [1.165, 1.54) is 5.56 Å². The molecule has 1 aromatic heterocycles. The minimum atomic E-state index is 0.766. The average Bonchev–Trinajstić information content (AvgIpc) is 2.90. The number of aromatic nitrogens is 1. The van der Waals surface area contributed by atoms with E-state index in [0.717, 1.165) is 52.7 Å². The molecular formula is C30H33N4S2+. The summed E-state index contributed by atoms with van der Waals surface area (Å²) < 4.78 is 2.21. The van der Waals surface area contributed by atoms with Crippen LogP contribution in [0.3, 0.4) is 0 Å². The van der Waals surface area contributed by atoms with Crippen LogP contribution >= 0.6 is 21.6 Å². The van der Waals surface area contributed by atoms with E-state index < -0.39 is 0 Å². The standard InChI is InChI=1S/C30H32N4S2/c1-2-25(3-4-26-7-11-29(31)12-8-26)15-18-33-19-23-35-36-24-22-34-20-16-28(17-21-34)6-5-27-9-13-30(32)14-10-27/h2-18,20-21,32H,1,19,22-24H2,(H2,31,33)/p+1. The normalized spacial score (nSPS) is 12.2. The Labute approximate surface area is 222 Å². The number of benzene rings is 2. The molecule has 4 N–H and O–H groups in total. The summed E-state index contributed by atoms with van der Waals surface area (Å²) in [4.78, 5) is 4.48. The molecule has 0 aliphatic rings. The molecule has 0 atom stereocenters. The summed E-state index contributed by atoms with van der Waals surface area (Å²) in [5.74, 6) is 2.04. The smallest absolute Gasteiger partial charge is 0.169 e. The van der Waals surface area contributed by atoms with Gasteiger partial charge in [-0.1, -0.05) is 82.8 Å². The fourth-order valence-corrected chi connectivity index (χ4v) is 4.94. The van der Waals surface area contributed by atoms with Gasteiger partial charge in [-0.05, 0) is 52.6 Å². The van der Waals surface area contributed by atoms with Crippen molar-refractivity contribution in [2.45, 2.75) is 6.54 Å². The van der Waals surface area contributed by atoms with Crippen LogP contribution in [-0.4, -0.2) is 24.3 Å². The molecule has 0 radical (unpaired) electrons. The summed E-state index contributed by atoms with van der Waals surface area (Å²) in [5.41, 5.74) is 17.4. The van der Waals surface area contributed by atoms with E-state index in [1.807, 2.05) is 101 Å². The highest BCUT2D eigenvalue weighted by atomic mass is 33.1. The SMILES string of the molecule is C=CC(/C=C/c1ccc(N)cc1)=C\C=NCCSSCC[n+]1ccc(/C=C/c2ccc(N)cc2)cc1. The van der Waals surface area contributed by atoms with Crippen molar-refractivity contribution >= 4 is 57.4 Å². The van der Waals surface area contributed by atoms with Crippen molar-refractivity contribution in [2.24, 2.45) is 4.99 Å². The monoisotopic (exact) mass is 513 g/mol. The van der Waals surface area contributed by atoms with Gasteiger partial charge in [-0.3, -0.25) is 4.99 Å². The molecule has 2 aromatic carbocycles. The Bertz CT molecular complexity index is 1190. The first-order valence-electron chi connectivity index (χ1n) is 11.8. The Kier molecular flexibility index (Phi) is 11.7. The van der Waals surface area contributed by atoms with E-state index >= 15 is 0 Å². The van der Waals surface area contributed by atoms with Gasteiger partial charge in [0.2, 0.25) is 0 Å². The van der Waals surface area contributed by atoms with Crippen molar-refractivity contribution in [2.75, 3.05) is 29.5 Å². The van der Waals surface area contributed by atoms with Crippen molar-refractivity contribution in [3.05, 3.63) is 120 Å². The molecule has 3 rings (SSSR count). The number of pyridine rings is 1. The van der Waals surface area contributed by atoms with Crippen molar-refractivity contribution in [1.29, 1.82) is 0 Å².